The highest BCUT2D eigenvalue weighted by atomic mass is 19.4. The summed E-state index contributed by atoms with van der Waals surface area (Å²) in [6.07, 6.45) is -14.0. The number of hydrogen-bond acceptors (Lipinski definition) is 3. The Labute approximate surface area is 125 Å². The summed E-state index contributed by atoms with van der Waals surface area (Å²) in [5, 5.41) is 13.0. The molecule has 0 aromatic carbocycles. The first-order chi connectivity index (χ1) is 10.5. The standard InChI is InChI=1S/C12H13F7N2O2/c13-6-2-3-7-8(9(6)22)10(11(14,15)16)20-21(7)4-1-5-23-12(17,18)19/h6,9,22H,1-5H2/t6-,9-/m1/s1. The second-order valence-electron chi connectivity index (χ2n) is 5.08. The second-order valence-corrected chi connectivity index (χ2v) is 5.08. The fourth-order valence-electron chi connectivity index (χ4n) is 2.50. The maximum atomic E-state index is 13.5. The van der Waals surface area contributed by atoms with Crippen LogP contribution >= 0.6 is 0 Å². The van der Waals surface area contributed by atoms with Crippen molar-refractivity contribution in [3.63, 3.8) is 0 Å². The van der Waals surface area contributed by atoms with Gasteiger partial charge in [0.25, 0.3) is 0 Å². The topological polar surface area (TPSA) is 47.3 Å². The van der Waals surface area contributed by atoms with Crippen LogP contribution in [0.15, 0.2) is 0 Å². The number of aromatic nitrogens is 2. The average molecular weight is 350 g/mol. The number of alkyl halides is 7. The first kappa shape index (κ1) is 18.0. The van der Waals surface area contributed by atoms with Crippen LogP contribution in [-0.4, -0.2) is 34.0 Å². The molecule has 0 amide bonds. The Hall–Kier alpha value is -1.36. The van der Waals surface area contributed by atoms with Gasteiger partial charge in [0.15, 0.2) is 5.69 Å². The maximum absolute atomic E-state index is 13.5. The van der Waals surface area contributed by atoms with Gasteiger partial charge in [0.05, 0.1) is 6.61 Å². The summed E-state index contributed by atoms with van der Waals surface area (Å²) in [4.78, 5) is 0. The summed E-state index contributed by atoms with van der Waals surface area (Å²) in [5.41, 5.74) is -2.04. The van der Waals surface area contributed by atoms with Gasteiger partial charge in [-0.1, -0.05) is 0 Å². The Balaban J connectivity index is 2.20. The van der Waals surface area contributed by atoms with E-state index in [1.165, 1.54) is 0 Å². The van der Waals surface area contributed by atoms with E-state index in [4.69, 9.17) is 0 Å². The minimum Gasteiger partial charge on any atom is -0.385 e. The third kappa shape index (κ3) is 4.14. The number of aliphatic hydroxyl groups excluding tert-OH is 1. The number of rotatable bonds is 4. The molecule has 23 heavy (non-hydrogen) atoms. The van der Waals surface area contributed by atoms with Gasteiger partial charge in [-0.15, -0.1) is 13.2 Å². The lowest BCUT2D eigenvalue weighted by Crippen LogP contribution is -2.24. The second kappa shape index (κ2) is 6.27. The minimum absolute atomic E-state index is 0.00858. The molecule has 0 aliphatic heterocycles. The SMILES string of the molecule is O[C@H]1c2c(C(F)(F)F)nn(CCCOC(F)(F)F)c2CC[C@H]1F. The molecule has 0 unspecified atom stereocenters. The van der Waals surface area contributed by atoms with Gasteiger partial charge in [-0.25, -0.2) is 4.39 Å². The fraction of sp³-hybridized carbons (Fsp3) is 0.750. The molecular weight excluding hydrogens is 337 g/mol. The molecule has 2 atom stereocenters. The average Bonchev–Trinajstić information content (AvgIpc) is 2.77. The monoisotopic (exact) mass is 350 g/mol. The molecule has 1 aliphatic carbocycles. The van der Waals surface area contributed by atoms with E-state index in [-0.39, 0.29) is 31.5 Å². The predicted octanol–water partition coefficient (Wildman–Crippen LogP) is 3.15. The molecule has 1 aromatic heterocycles. The van der Waals surface area contributed by atoms with Crippen LogP contribution in [0.4, 0.5) is 30.7 Å². The van der Waals surface area contributed by atoms with Crippen LogP contribution in [0.2, 0.25) is 0 Å². The molecule has 1 aromatic rings. The van der Waals surface area contributed by atoms with Crippen LogP contribution in [0.5, 0.6) is 0 Å². The zero-order valence-electron chi connectivity index (χ0n) is 11.6. The molecule has 4 nitrogen and oxygen atoms in total. The van der Waals surface area contributed by atoms with Gasteiger partial charge in [0.1, 0.15) is 12.3 Å². The largest absolute Gasteiger partial charge is 0.522 e. The molecular formula is C12H13F7N2O2. The molecule has 1 N–H and O–H groups in total. The number of nitrogens with zero attached hydrogens (tertiary/aromatic N) is 2. The van der Waals surface area contributed by atoms with E-state index in [9.17, 15) is 35.8 Å². The molecule has 0 saturated carbocycles. The molecule has 0 saturated heterocycles. The Morgan fingerprint density at radius 2 is 1.87 bits per heavy atom. The lowest BCUT2D eigenvalue weighted by Gasteiger charge is -2.23. The van der Waals surface area contributed by atoms with E-state index in [1.807, 2.05) is 0 Å². The van der Waals surface area contributed by atoms with Crippen molar-refractivity contribution in [3.05, 3.63) is 17.0 Å². The van der Waals surface area contributed by atoms with Gasteiger partial charge >= 0.3 is 12.5 Å². The van der Waals surface area contributed by atoms with Crippen LogP contribution in [0.1, 0.15) is 35.9 Å². The number of fused-ring (bicyclic) bond motifs is 1. The molecule has 2 rings (SSSR count). The third-order valence-corrected chi connectivity index (χ3v) is 3.44. The van der Waals surface area contributed by atoms with Crippen LogP contribution in [0.25, 0.3) is 0 Å². The molecule has 0 spiro atoms. The normalized spacial score (nSPS) is 22.3. The fourth-order valence-corrected chi connectivity index (χ4v) is 2.50. The summed E-state index contributed by atoms with van der Waals surface area (Å²) in [5.74, 6) is 0. The van der Waals surface area contributed by atoms with E-state index in [0.717, 1.165) is 4.68 Å². The third-order valence-electron chi connectivity index (χ3n) is 3.44. The van der Waals surface area contributed by atoms with Crippen LogP contribution in [0, 0.1) is 0 Å². The summed E-state index contributed by atoms with van der Waals surface area (Å²) >= 11 is 0. The number of aryl methyl sites for hydroxylation is 1. The van der Waals surface area contributed by atoms with Gasteiger partial charge in [-0.3, -0.25) is 9.42 Å². The molecule has 1 aliphatic rings. The van der Waals surface area contributed by atoms with E-state index >= 15 is 0 Å². The van der Waals surface area contributed by atoms with Crippen molar-refractivity contribution in [3.8, 4) is 0 Å². The quantitative estimate of drug-likeness (QED) is 0.670. The van der Waals surface area contributed by atoms with Gasteiger partial charge in [-0.2, -0.15) is 18.3 Å². The highest BCUT2D eigenvalue weighted by molar-refractivity contribution is 5.34. The van der Waals surface area contributed by atoms with Gasteiger partial charge in [0, 0.05) is 17.8 Å². The summed E-state index contributed by atoms with van der Waals surface area (Å²) < 4.78 is 92.3. The van der Waals surface area contributed by atoms with Crippen LogP contribution < -0.4 is 0 Å². The highest BCUT2D eigenvalue weighted by Crippen LogP contribution is 2.41. The minimum atomic E-state index is -4.89. The highest BCUT2D eigenvalue weighted by Gasteiger charge is 2.44. The van der Waals surface area contributed by atoms with Crippen molar-refractivity contribution in [1.29, 1.82) is 0 Å². The molecule has 0 radical (unpaired) electrons. The lowest BCUT2D eigenvalue weighted by atomic mass is 9.91. The van der Waals surface area contributed by atoms with Crippen molar-refractivity contribution < 1.29 is 40.6 Å². The Bertz CT molecular complexity index is 553. The summed E-state index contributed by atoms with van der Waals surface area (Å²) in [7, 11) is 0. The Morgan fingerprint density at radius 1 is 1.22 bits per heavy atom. The van der Waals surface area contributed by atoms with Gasteiger partial charge in [0.2, 0.25) is 0 Å². The molecule has 0 bridgehead atoms. The van der Waals surface area contributed by atoms with E-state index < -0.39 is 42.7 Å². The number of aliphatic hydroxyl groups is 1. The number of halogens is 7. The summed E-state index contributed by atoms with van der Waals surface area (Å²) in [6.45, 7) is -1.01. The van der Waals surface area contributed by atoms with E-state index in [1.54, 1.807) is 0 Å². The van der Waals surface area contributed by atoms with Crippen molar-refractivity contribution in [1.82, 2.24) is 9.78 Å². The van der Waals surface area contributed by atoms with E-state index in [2.05, 4.69) is 9.84 Å². The van der Waals surface area contributed by atoms with Crippen molar-refractivity contribution in [2.75, 3.05) is 6.61 Å². The maximum Gasteiger partial charge on any atom is 0.522 e. The first-order valence-corrected chi connectivity index (χ1v) is 6.70. The van der Waals surface area contributed by atoms with Gasteiger partial charge in [-0.05, 0) is 19.3 Å². The van der Waals surface area contributed by atoms with Crippen molar-refractivity contribution in [2.45, 2.75) is 50.6 Å². The summed E-state index contributed by atoms with van der Waals surface area (Å²) in [6, 6.07) is 0. The Kier molecular flexibility index (Phi) is 4.90. The molecule has 1 heterocycles. The zero-order chi connectivity index (χ0) is 17.4. The molecule has 11 heteroatoms. The number of ether oxygens (including phenoxy) is 1. The van der Waals surface area contributed by atoms with Crippen molar-refractivity contribution in [2.24, 2.45) is 0 Å². The molecule has 132 valence electrons. The van der Waals surface area contributed by atoms with E-state index in [0.29, 0.717) is 0 Å². The van der Waals surface area contributed by atoms with Crippen LogP contribution in [-0.2, 0) is 23.9 Å². The predicted molar refractivity (Wildman–Crippen MR) is 62.0 cm³/mol. The molecule has 0 fully saturated rings. The zero-order valence-corrected chi connectivity index (χ0v) is 11.6. The smallest absolute Gasteiger partial charge is 0.385 e. The Morgan fingerprint density at radius 3 is 2.43 bits per heavy atom. The van der Waals surface area contributed by atoms with Gasteiger partial charge < -0.3 is 5.11 Å². The van der Waals surface area contributed by atoms with Crippen LogP contribution in [0.3, 0.4) is 0 Å². The number of hydrogen-bond donors (Lipinski definition) is 1. The van der Waals surface area contributed by atoms with Crippen molar-refractivity contribution >= 4 is 0 Å². The lowest BCUT2D eigenvalue weighted by molar-refractivity contribution is -0.324. The first-order valence-electron chi connectivity index (χ1n) is 6.70.